The summed E-state index contributed by atoms with van der Waals surface area (Å²) >= 11 is 0. The summed E-state index contributed by atoms with van der Waals surface area (Å²) < 4.78 is 23.3. The third-order valence-electron chi connectivity index (χ3n) is 3.68. The van der Waals surface area contributed by atoms with E-state index in [-0.39, 0.29) is 0 Å². The minimum atomic E-state index is -2.78. The second-order valence-electron chi connectivity index (χ2n) is 5.41. The van der Waals surface area contributed by atoms with Crippen LogP contribution in [0.2, 0.25) is 0 Å². The molecule has 0 atom stereocenters. The number of nitrogens with one attached hydrogen (secondary N) is 1. The molecule has 3 nitrogen and oxygen atoms in total. The molecule has 0 bridgehead atoms. The summed E-state index contributed by atoms with van der Waals surface area (Å²) in [5.74, 6) is 2.04. The first-order chi connectivity index (χ1) is 7.66. The smallest absolute Gasteiger partial charge is 0.151 e. The van der Waals surface area contributed by atoms with Crippen LogP contribution in [0.4, 0.5) is 0 Å². The molecule has 94 valence electrons. The summed E-state index contributed by atoms with van der Waals surface area (Å²) in [5.41, 5.74) is 0. The van der Waals surface area contributed by atoms with E-state index < -0.39 is 9.84 Å². The lowest BCUT2D eigenvalue weighted by atomic mass is 10.1. The molecule has 0 amide bonds. The lowest BCUT2D eigenvalue weighted by molar-refractivity contribution is 0.497. The van der Waals surface area contributed by atoms with Crippen molar-refractivity contribution in [2.45, 2.75) is 38.5 Å². The number of rotatable bonds is 7. The van der Waals surface area contributed by atoms with E-state index in [2.05, 4.69) is 5.32 Å². The molecule has 4 heteroatoms. The zero-order valence-corrected chi connectivity index (χ0v) is 10.8. The SMILES string of the molecule is O=S(=O)(CCNCC1CCCC1)CC1CC1. The van der Waals surface area contributed by atoms with Crippen LogP contribution < -0.4 is 5.32 Å². The van der Waals surface area contributed by atoms with E-state index in [9.17, 15) is 8.42 Å². The molecule has 1 N–H and O–H groups in total. The van der Waals surface area contributed by atoms with E-state index >= 15 is 0 Å². The topological polar surface area (TPSA) is 46.2 Å². The van der Waals surface area contributed by atoms with Crippen molar-refractivity contribution < 1.29 is 8.42 Å². The molecule has 0 saturated heterocycles. The van der Waals surface area contributed by atoms with Gasteiger partial charge in [0, 0.05) is 6.54 Å². The Morgan fingerprint density at radius 3 is 2.31 bits per heavy atom. The highest BCUT2D eigenvalue weighted by Gasteiger charge is 2.27. The van der Waals surface area contributed by atoms with Gasteiger partial charge in [-0.15, -0.1) is 0 Å². The number of hydrogen-bond acceptors (Lipinski definition) is 3. The monoisotopic (exact) mass is 245 g/mol. The van der Waals surface area contributed by atoms with Crippen LogP contribution in [0.5, 0.6) is 0 Å². The van der Waals surface area contributed by atoms with Crippen LogP contribution in [-0.4, -0.2) is 33.0 Å². The predicted molar refractivity (Wildman–Crippen MR) is 66.2 cm³/mol. The molecule has 0 radical (unpaired) electrons. The van der Waals surface area contributed by atoms with E-state index in [1.807, 2.05) is 0 Å². The van der Waals surface area contributed by atoms with Crippen LogP contribution >= 0.6 is 0 Å². The van der Waals surface area contributed by atoms with Crippen molar-refractivity contribution in [1.82, 2.24) is 5.32 Å². The van der Waals surface area contributed by atoms with Crippen LogP contribution in [0.1, 0.15) is 38.5 Å². The van der Waals surface area contributed by atoms with E-state index in [4.69, 9.17) is 0 Å². The van der Waals surface area contributed by atoms with Gasteiger partial charge in [0.25, 0.3) is 0 Å². The fourth-order valence-electron chi connectivity index (χ4n) is 2.48. The second-order valence-corrected chi connectivity index (χ2v) is 7.64. The van der Waals surface area contributed by atoms with E-state index in [1.54, 1.807) is 0 Å². The lowest BCUT2D eigenvalue weighted by Gasteiger charge is -2.10. The minimum absolute atomic E-state index is 0.330. The van der Waals surface area contributed by atoms with Gasteiger partial charge >= 0.3 is 0 Å². The Bertz CT molecular complexity index is 303. The Morgan fingerprint density at radius 2 is 1.69 bits per heavy atom. The molecule has 0 unspecified atom stereocenters. The second kappa shape index (κ2) is 5.50. The molecule has 0 aromatic rings. The molecule has 2 saturated carbocycles. The maximum absolute atomic E-state index is 11.6. The van der Waals surface area contributed by atoms with Crippen LogP contribution in [-0.2, 0) is 9.84 Å². The van der Waals surface area contributed by atoms with Gasteiger partial charge < -0.3 is 5.32 Å². The van der Waals surface area contributed by atoms with Crippen molar-refractivity contribution in [1.29, 1.82) is 0 Å². The molecule has 2 fully saturated rings. The highest BCUT2D eigenvalue weighted by atomic mass is 32.2. The largest absolute Gasteiger partial charge is 0.315 e. The molecule has 0 aromatic heterocycles. The third kappa shape index (κ3) is 4.42. The van der Waals surface area contributed by atoms with Crippen LogP contribution in [0.25, 0.3) is 0 Å². The van der Waals surface area contributed by atoms with Crippen molar-refractivity contribution in [3.63, 3.8) is 0 Å². The quantitative estimate of drug-likeness (QED) is 0.693. The first-order valence-electron chi connectivity index (χ1n) is 6.57. The zero-order valence-electron chi connectivity index (χ0n) is 9.95. The van der Waals surface area contributed by atoms with Crippen molar-refractivity contribution >= 4 is 9.84 Å². The molecule has 2 aliphatic carbocycles. The Hall–Kier alpha value is -0.0900. The zero-order chi connectivity index (χ0) is 11.4. The molecule has 0 aliphatic heterocycles. The Balaban J connectivity index is 1.55. The average molecular weight is 245 g/mol. The fraction of sp³-hybridized carbons (Fsp3) is 1.00. The van der Waals surface area contributed by atoms with Crippen LogP contribution in [0.3, 0.4) is 0 Å². The summed E-state index contributed by atoms with van der Waals surface area (Å²) in [4.78, 5) is 0. The fourth-order valence-corrected chi connectivity index (χ4v) is 4.15. The summed E-state index contributed by atoms with van der Waals surface area (Å²) in [6.07, 6.45) is 7.59. The van der Waals surface area contributed by atoms with Crippen LogP contribution in [0, 0.1) is 11.8 Å². The van der Waals surface area contributed by atoms with Crippen molar-refractivity contribution in [2.24, 2.45) is 11.8 Å². The lowest BCUT2D eigenvalue weighted by Crippen LogP contribution is -2.28. The molecular formula is C12H23NO2S. The first kappa shape index (κ1) is 12.4. The molecule has 0 spiro atoms. The Labute approximate surface area is 98.9 Å². The normalized spacial score (nSPS) is 22.8. The van der Waals surface area contributed by atoms with Crippen molar-refractivity contribution in [2.75, 3.05) is 24.6 Å². The third-order valence-corrected chi connectivity index (χ3v) is 5.49. The van der Waals surface area contributed by atoms with Crippen molar-refractivity contribution in [3.8, 4) is 0 Å². The molecule has 0 heterocycles. The summed E-state index contributed by atoms with van der Waals surface area (Å²) in [6.45, 7) is 1.66. The van der Waals surface area contributed by atoms with Gasteiger partial charge in [-0.05, 0) is 44.1 Å². The molecular weight excluding hydrogens is 222 g/mol. The first-order valence-corrected chi connectivity index (χ1v) is 8.39. The van der Waals surface area contributed by atoms with Gasteiger partial charge in [0.05, 0.1) is 11.5 Å². The number of hydrogen-bond donors (Lipinski definition) is 1. The molecule has 16 heavy (non-hydrogen) atoms. The van der Waals surface area contributed by atoms with Gasteiger partial charge in [-0.2, -0.15) is 0 Å². The number of sulfone groups is 1. The van der Waals surface area contributed by atoms with E-state index in [1.165, 1.54) is 25.7 Å². The maximum Gasteiger partial charge on any atom is 0.151 e. The summed E-state index contributed by atoms with van der Waals surface area (Å²) in [7, 11) is -2.78. The molecule has 2 rings (SSSR count). The van der Waals surface area contributed by atoms with E-state index in [0.29, 0.717) is 24.0 Å². The minimum Gasteiger partial charge on any atom is -0.315 e. The Kier molecular flexibility index (Phi) is 4.25. The van der Waals surface area contributed by atoms with Gasteiger partial charge in [0.2, 0.25) is 0 Å². The average Bonchev–Trinajstić information content (AvgIpc) is 2.86. The highest BCUT2D eigenvalue weighted by Crippen LogP contribution is 2.30. The van der Waals surface area contributed by atoms with Gasteiger partial charge in [0.15, 0.2) is 9.84 Å². The van der Waals surface area contributed by atoms with Crippen LogP contribution in [0.15, 0.2) is 0 Å². The summed E-state index contributed by atoms with van der Waals surface area (Å²) in [6, 6.07) is 0. The van der Waals surface area contributed by atoms with E-state index in [0.717, 1.165) is 25.3 Å². The van der Waals surface area contributed by atoms with Gasteiger partial charge in [-0.1, -0.05) is 12.8 Å². The van der Waals surface area contributed by atoms with Crippen molar-refractivity contribution in [3.05, 3.63) is 0 Å². The highest BCUT2D eigenvalue weighted by molar-refractivity contribution is 7.91. The van der Waals surface area contributed by atoms with Gasteiger partial charge in [-0.3, -0.25) is 0 Å². The maximum atomic E-state index is 11.6. The van der Waals surface area contributed by atoms with Gasteiger partial charge in [-0.25, -0.2) is 8.42 Å². The summed E-state index contributed by atoms with van der Waals surface area (Å²) in [5, 5.41) is 3.30. The standard InChI is InChI=1S/C12H23NO2S/c14-16(15,10-12-5-6-12)8-7-13-9-11-3-1-2-4-11/h11-13H,1-10H2. The molecule has 2 aliphatic rings. The molecule has 0 aromatic carbocycles. The van der Waals surface area contributed by atoms with Gasteiger partial charge in [0.1, 0.15) is 0 Å². The Morgan fingerprint density at radius 1 is 1.00 bits per heavy atom. The predicted octanol–water partition coefficient (Wildman–Crippen LogP) is 1.59.